The summed E-state index contributed by atoms with van der Waals surface area (Å²) in [6.07, 6.45) is -1.90. The molecule has 2 aromatic carbocycles. The van der Waals surface area contributed by atoms with Gasteiger partial charge in [0.05, 0.1) is 0 Å². The zero-order valence-electron chi connectivity index (χ0n) is 8.98. The fourth-order valence-electron chi connectivity index (χ4n) is 1.64. The van der Waals surface area contributed by atoms with Crippen molar-refractivity contribution < 1.29 is 8.78 Å². The molecule has 2 rings (SSSR count). The maximum absolute atomic E-state index is 14.3. The molecule has 0 aliphatic heterocycles. The summed E-state index contributed by atoms with van der Waals surface area (Å²) in [5, 5.41) is -2.54. The number of hydrogen-bond donors (Lipinski definition) is 0. The van der Waals surface area contributed by atoms with Crippen molar-refractivity contribution in [3.8, 4) is 0 Å². The fourth-order valence-corrected chi connectivity index (χ4v) is 1.89. The minimum Gasteiger partial charge on any atom is -0.237 e. The molecule has 0 amide bonds. The molecule has 0 spiro atoms. The van der Waals surface area contributed by atoms with Crippen LogP contribution < -0.4 is 0 Å². The Kier molecular flexibility index (Phi) is 3.43. The summed E-state index contributed by atoms with van der Waals surface area (Å²) in [6.45, 7) is 0. The molecule has 88 valence electrons. The third-order valence-electron chi connectivity index (χ3n) is 2.57. The van der Waals surface area contributed by atoms with E-state index >= 15 is 0 Å². The molecule has 0 nitrogen and oxygen atoms in total. The van der Waals surface area contributed by atoms with Crippen LogP contribution in [0.5, 0.6) is 0 Å². The van der Waals surface area contributed by atoms with Gasteiger partial charge in [0.1, 0.15) is 0 Å². The highest BCUT2D eigenvalue weighted by Crippen LogP contribution is 2.44. The molecule has 0 aliphatic carbocycles. The van der Waals surface area contributed by atoms with Crippen LogP contribution in [0, 0.1) is 0 Å². The second-order valence-corrected chi connectivity index (χ2v) is 4.31. The van der Waals surface area contributed by atoms with Crippen molar-refractivity contribution in [1.29, 1.82) is 0 Å². The van der Waals surface area contributed by atoms with Crippen molar-refractivity contribution in [2.45, 2.75) is 11.3 Å². The second-order valence-electron chi connectivity index (χ2n) is 3.76. The lowest BCUT2D eigenvalue weighted by atomic mass is 10.00. The lowest BCUT2D eigenvalue weighted by Crippen LogP contribution is -2.19. The van der Waals surface area contributed by atoms with Crippen molar-refractivity contribution >= 4 is 11.6 Å². The Bertz CT molecular complexity index is 468. The van der Waals surface area contributed by atoms with Crippen LogP contribution in [0.3, 0.4) is 0 Å². The average molecular weight is 253 g/mol. The monoisotopic (exact) mass is 252 g/mol. The predicted molar refractivity (Wildman–Crippen MR) is 65.4 cm³/mol. The predicted octanol–water partition coefficient (Wildman–Crippen LogP) is 4.76. The van der Waals surface area contributed by atoms with Crippen molar-refractivity contribution in [2.75, 3.05) is 0 Å². The minimum atomic E-state index is -2.54. The van der Waals surface area contributed by atoms with E-state index in [1.807, 2.05) is 0 Å². The molecule has 2 atom stereocenters. The first-order valence-electron chi connectivity index (χ1n) is 5.24. The SMILES string of the molecule is F[C@@H](c1ccccc1)[C@](F)(Cl)c1ccccc1. The van der Waals surface area contributed by atoms with E-state index in [-0.39, 0.29) is 11.1 Å². The van der Waals surface area contributed by atoms with Gasteiger partial charge < -0.3 is 0 Å². The highest BCUT2D eigenvalue weighted by molar-refractivity contribution is 6.23. The van der Waals surface area contributed by atoms with Crippen LogP contribution in [-0.2, 0) is 5.13 Å². The normalized spacial score (nSPS) is 16.2. The highest BCUT2D eigenvalue weighted by Gasteiger charge is 2.40. The molecule has 0 aliphatic rings. The lowest BCUT2D eigenvalue weighted by molar-refractivity contribution is 0.128. The first-order valence-corrected chi connectivity index (χ1v) is 5.62. The van der Waals surface area contributed by atoms with Crippen LogP contribution in [0.25, 0.3) is 0 Å². The molecule has 0 fully saturated rings. The molecule has 0 saturated carbocycles. The second kappa shape index (κ2) is 4.84. The van der Waals surface area contributed by atoms with Gasteiger partial charge in [0, 0.05) is 5.56 Å². The van der Waals surface area contributed by atoms with Gasteiger partial charge in [-0.2, -0.15) is 0 Å². The molecule has 0 unspecified atom stereocenters. The van der Waals surface area contributed by atoms with E-state index in [1.54, 1.807) is 36.4 Å². The maximum atomic E-state index is 14.3. The molecule has 0 radical (unpaired) electrons. The first kappa shape index (κ1) is 12.1. The Morgan fingerprint density at radius 1 is 0.882 bits per heavy atom. The number of benzene rings is 2. The van der Waals surface area contributed by atoms with Gasteiger partial charge in [-0.05, 0) is 5.56 Å². The Morgan fingerprint density at radius 2 is 1.35 bits per heavy atom. The van der Waals surface area contributed by atoms with Crippen LogP contribution in [0.1, 0.15) is 17.3 Å². The Hall–Kier alpha value is -1.41. The number of alkyl halides is 3. The quantitative estimate of drug-likeness (QED) is 0.691. The van der Waals surface area contributed by atoms with Gasteiger partial charge in [0.2, 0.25) is 5.13 Å². The van der Waals surface area contributed by atoms with E-state index in [9.17, 15) is 8.78 Å². The summed E-state index contributed by atoms with van der Waals surface area (Å²) in [7, 11) is 0. The molecule has 0 saturated heterocycles. The topological polar surface area (TPSA) is 0 Å². The Morgan fingerprint density at radius 3 is 1.88 bits per heavy atom. The van der Waals surface area contributed by atoms with Gasteiger partial charge in [-0.25, -0.2) is 8.78 Å². The van der Waals surface area contributed by atoms with Gasteiger partial charge in [-0.1, -0.05) is 72.3 Å². The van der Waals surface area contributed by atoms with Gasteiger partial charge in [0.25, 0.3) is 0 Å². The smallest absolute Gasteiger partial charge is 0.237 e. The molecule has 2 aromatic rings. The molecular formula is C14H11ClF2. The van der Waals surface area contributed by atoms with Crippen molar-refractivity contribution in [2.24, 2.45) is 0 Å². The molecule has 0 N–H and O–H groups in total. The molecule has 0 heterocycles. The van der Waals surface area contributed by atoms with Crippen LogP contribution in [0.15, 0.2) is 60.7 Å². The minimum absolute atomic E-state index is 0.123. The first-order chi connectivity index (χ1) is 8.12. The summed E-state index contributed by atoms with van der Waals surface area (Å²) >= 11 is 5.70. The summed E-state index contributed by atoms with van der Waals surface area (Å²) in [5.74, 6) is 0. The van der Waals surface area contributed by atoms with Crippen molar-refractivity contribution in [1.82, 2.24) is 0 Å². The fraction of sp³-hybridized carbons (Fsp3) is 0.143. The van der Waals surface area contributed by atoms with Crippen LogP contribution in [-0.4, -0.2) is 0 Å². The van der Waals surface area contributed by atoms with E-state index in [2.05, 4.69) is 0 Å². The van der Waals surface area contributed by atoms with E-state index in [1.165, 1.54) is 24.3 Å². The summed E-state index contributed by atoms with van der Waals surface area (Å²) in [6, 6.07) is 16.0. The zero-order valence-corrected chi connectivity index (χ0v) is 9.74. The number of halogens is 3. The Balaban J connectivity index is 2.33. The van der Waals surface area contributed by atoms with Crippen LogP contribution in [0.4, 0.5) is 8.78 Å². The third kappa shape index (κ3) is 2.47. The summed E-state index contributed by atoms with van der Waals surface area (Å²) < 4.78 is 28.4. The average Bonchev–Trinajstić information content (AvgIpc) is 2.40. The molecule has 3 heteroatoms. The highest BCUT2D eigenvalue weighted by atomic mass is 35.5. The molecule has 0 aromatic heterocycles. The van der Waals surface area contributed by atoms with Gasteiger partial charge in [-0.15, -0.1) is 0 Å². The third-order valence-corrected chi connectivity index (χ3v) is 2.98. The summed E-state index contributed by atoms with van der Waals surface area (Å²) in [5.41, 5.74) is 0.354. The van der Waals surface area contributed by atoms with Crippen molar-refractivity contribution in [3.05, 3.63) is 71.8 Å². The van der Waals surface area contributed by atoms with E-state index in [0.29, 0.717) is 0 Å². The largest absolute Gasteiger partial charge is 0.243 e. The number of rotatable bonds is 3. The molecular weight excluding hydrogens is 242 g/mol. The van der Waals surface area contributed by atoms with Gasteiger partial charge >= 0.3 is 0 Å². The number of hydrogen-bond acceptors (Lipinski definition) is 0. The summed E-state index contributed by atoms with van der Waals surface area (Å²) in [4.78, 5) is 0. The van der Waals surface area contributed by atoms with Crippen molar-refractivity contribution in [3.63, 3.8) is 0 Å². The van der Waals surface area contributed by atoms with Gasteiger partial charge in [0.15, 0.2) is 6.17 Å². The van der Waals surface area contributed by atoms with Crippen LogP contribution in [0.2, 0.25) is 0 Å². The van der Waals surface area contributed by atoms with E-state index < -0.39 is 11.3 Å². The zero-order chi connectivity index (χ0) is 12.3. The lowest BCUT2D eigenvalue weighted by Gasteiger charge is -2.22. The van der Waals surface area contributed by atoms with E-state index in [0.717, 1.165) is 0 Å². The standard InChI is InChI=1S/C14H11ClF2/c15-14(17,12-9-5-2-6-10-12)13(16)11-7-3-1-4-8-11/h1-10,13H/t13-,14-/m0/s1. The van der Waals surface area contributed by atoms with E-state index in [4.69, 9.17) is 11.6 Å². The maximum Gasteiger partial charge on any atom is 0.243 e. The Labute approximate surface area is 104 Å². The van der Waals surface area contributed by atoms with Crippen LogP contribution >= 0.6 is 11.6 Å². The molecule has 17 heavy (non-hydrogen) atoms. The molecule has 0 bridgehead atoms. The van der Waals surface area contributed by atoms with Gasteiger partial charge in [-0.3, -0.25) is 0 Å².